The average Bonchev–Trinajstić information content (AvgIpc) is 2.71. The maximum atomic E-state index is 5.32. The number of aromatic nitrogens is 2. The van der Waals surface area contributed by atoms with Crippen molar-refractivity contribution in [3.63, 3.8) is 0 Å². The fourth-order valence-electron chi connectivity index (χ4n) is 1.44. The highest BCUT2D eigenvalue weighted by molar-refractivity contribution is 6.01. The van der Waals surface area contributed by atoms with Gasteiger partial charge >= 0.3 is 0 Å². The Morgan fingerprint density at radius 1 is 1.17 bits per heavy atom. The Balaban J connectivity index is 2.71. The van der Waals surface area contributed by atoms with Crippen LogP contribution in [0.25, 0.3) is 21.9 Å². The number of hydrogen-bond donors (Lipinski definition) is 1. The molecular weight excluding hydrogens is 152 g/mol. The molecule has 3 heteroatoms. The fraction of sp³-hybridized carbons (Fsp3) is 0. The lowest BCUT2D eigenvalue weighted by Crippen LogP contribution is -1.69. The van der Waals surface area contributed by atoms with Crippen molar-refractivity contribution in [1.82, 2.24) is 10.2 Å². The Hall–Kier alpha value is -1.77. The lowest BCUT2D eigenvalue weighted by molar-refractivity contribution is 0.618. The predicted octanol–water partition coefficient (Wildman–Crippen LogP) is 2.31. The van der Waals surface area contributed by atoms with Gasteiger partial charge in [-0.1, -0.05) is 12.1 Å². The van der Waals surface area contributed by atoms with Crippen molar-refractivity contribution in [2.24, 2.45) is 0 Å². The van der Waals surface area contributed by atoms with Gasteiger partial charge in [0.2, 0.25) is 0 Å². The second-order valence-corrected chi connectivity index (χ2v) is 2.74. The van der Waals surface area contributed by atoms with Crippen LogP contribution in [0.5, 0.6) is 0 Å². The standard InChI is InChI=1S/C9H6N2O/c1-2-7-5-10-11-8(7)9-6(1)3-4-12-9/h1-5H,(H,10,11). The highest BCUT2D eigenvalue weighted by atomic mass is 16.3. The largest absolute Gasteiger partial charge is 0.462 e. The van der Waals surface area contributed by atoms with Crippen molar-refractivity contribution in [2.45, 2.75) is 0 Å². The molecule has 12 heavy (non-hydrogen) atoms. The summed E-state index contributed by atoms with van der Waals surface area (Å²) in [6.45, 7) is 0. The van der Waals surface area contributed by atoms with Gasteiger partial charge in [-0.25, -0.2) is 0 Å². The van der Waals surface area contributed by atoms with E-state index in [1.165, 1.54) is 0 Å². The van der Waals surface area contributed by atoms with Crippen LogP contribution in [-0.4, -0.2) is 10.2 Å². The molecule has 0 aliphatic heterocycles. The quantitative estimate of drug-likeness (QED) is 0.545. The number of rotatable bonds is 0. The summed E-state index contributed by atoms with van der Waals surface area (Å²) in [7, 11) is 0. The molecule has 58 valence electrons. The number of hydrogen-bond acceptors (Lipinski definition) is 2. The van der Waals surface area contributed by atoms with Gasteiger partial charge in [-0.3, -0.25) is 5.10 Å². The molecule has 0 fully saturated rings. The molecule has 0 spiro atoms. The molecule has 0 bridgehead atoms. The molecule has 0 unspecified atom stereocenters. The minimum atomic E-state index is 0.880. The van der Waals surface area contributed by atoms with Gasteiger partial charge in [0, 0.05) is 10.8 Å². The Morgan fingerprint density at radius 2 is 2.08 bits per heavy atom. The number of nitrogens with zero attached hydrogens (tertiary/aromatic N) is 1. The Kier molecular flexibility index (Phi) is 0.913. The summed E-state index contributed by atoms with van der Waals surface area (Å²) >= 11 is 0. The third-order valence-electron chi connectivity index (χ3n) is 2.03. The molecular formula is C9H6N2O. The second kappa shape index (κ2) is 1.88. The molecule has 3 nitrogen and oxygen atoms in total. The van der Waals surface area contributed by atoms with E-state index in [-0.39, 0.29) is 0 Å². The van der Waals surface area contributed by atoms with Crippen LogP contribution in [-0.2, 0) is 0 Å². The highest BCUT2D eigenvalue weighted by Crippen LogP contribution is 2.23. The van der Waals surface area contributed by atoms with Crippen LogP contribution in [0.4, 0.5) is 0 Å². The molecule has 1 N–H and O–H groups in total. The van der Waals surface area contributed by atoms with Crippen LogP contribution in [0.15, 0.2) is 35.1 Å². The summed E-state index contributed by atoms with van der Waals surface area (Å²) < 4.78 is 5.32. The van der Waals surface area contributed by atoms with Gasteiger partial charge < -0.3 is 4.42 Å². The predicted molar refractivity (Wildman–Crippen MR) is 45.9 cm³/mol. The lowest BCUT2D eigenvalue weighted by atomic mass is 10.2. The topological polar surface area (TPSA) is 41.8 Å². The maximum Gasteiger partial charge on any atom is 0.159 e. The molecule has 3 aromatic rings. The van der Waals surface area contributed by atoms with Gasteiger partial charge in [-0.15, -0.1) is 0 Å². The molecule has 2 aromatic heterocycles. The summed E-state index contributed by atoms with van der Waals surface area (Å²) in [6.07, 6.45) is 3.47. The molecule has 0 saturated carbocycles. The Morgan fingerprint density at radius 3 is 3.08 bits per heavy atom. The van der Waals surface area contributed by atoms with Gasteiger partial charge in [0.05, 0.1) is 12.5 Å². The van der Waals surface area contributed by atoms with Gasteiger partial charge in [0.1, 0.15) is 5.52 Å². The first-order chi connectivity index (χ1) is 5.95. The zero-order chi connectivity index (χ0) is 7.97. The summed E-state index contributed by atoms with van der Waals surface area (Å²) in [5.74, 6) is 0. The third-order valence-corrected chi connectivity index (χ3v) is 2.03. The van der Waals surface area contributed by atoms with Crippen molar-refractivity contribution >= 4 is 21.9 Å². The number of H-pyrrole nitrogens is 1. The number of fused-ring (bicyclic) bond motifs is 3. The monoisotopic (exact) mass is 158 g/mol. The van der Waals surface area contributed by atoms with Crippen molar-refractivity contribution < 1.29 is 4.42 Å². The third kappa shape index (κ3) is 0.580. The Bertz CT molecular complexity index is 486. The maximum absolute atomic E-state index is 5.32. The summed E-state index contributed by atoms with van der Waals surface area (Å²) in [5, 5.41) is 9.04. The molecule has 3 rings (SSSR count). The van der Waals surface area contributed by atoms with Crippen molar-refractivity contribution in [2.75, 3.05) is 0 Å². The highest BCUT2D eigenvalue weighted by Gasteiger charge is 2.03. The molecule has 0 aliphatic carbocycles. The summed E-state index contributed by atoms with van der Waals surface area (Å²) in [4.78, 5) is 0. The van der Waals surface area contributed by atoms with Gasteiger partial charge in [0.25, 0.3) is 0 Å². The van der Waals surface area contributed by atoms with E-state index < -0.39 is 0 Å². The molecule has 0 saturated heterocycles. The van der Waals surface area contributed by atoms with E-state index in [9.17, 15) is 0 Å². The minimum absolute atomic E-state index is 0.880. The van der Waals surface area contributed by atoms with Crippen LogP contribution in [0.3, 0.4) is 0 Å². The SMILES string of the molecule is c1cc2ccc3cn[nH]c3c2o1. The van der Waals surface area contributed by atoms with Crippen molar-refractivity contribution in [3.05, 3.63) is 30.7 Å². The number of benzene rings is 1. The molecule has 0 radical (unpaired) electrons. The van der Waals surface area contributed by atoms with Crippen molar-refractivity contribution in [3.8, 4) is 0 Å². The minimum Gasteiger partial charge on any atom is -0.462 e. The first-order valence-corrected chi connectivity index (χ1v) is 3.74. The zero-order valence-electron chi connectivity index (χ0n) is 6.24. The molecule has 0 amide bonds. The molecule has 1 aromatic carbocycles. The molecule has 2 heterocycles. The summed E-state index contributed by atoms with van der Waals surface area (Å²) in [6, 6.07) is 5.99. The van der Waals surface area contributed by atoms with Crippen LogP contribution in [0, 0.1) is 0 Å². The van der Waals surface area contributed by atoms with E-state index in [1.807, 2.05) is 18.2 Å². The van der Waals surface area contributed by atoms with E-state index in [0.29, 0.717) is 0 Å². The fourth-order valence-corrected chi connectivity index (χ4v) is 1.44. The van der Waals surface area contributed by atoms with Crippen LogP contribution in [0.2, 0.25) is 0 Å². The first-order valence-electron chi connectivity index (χ1n) is 3.74. The normalized spacial score (nSPS) is 11.3. The number of aromatic amines is 1. The molecule has 0 aliphatic rings. The van der Waals surface area contributed by atoms with E-state index in [1.54, 1.807) is 12.5 Å². The summed E-state index contributed by atoms with van der Waals surface area (Å²) in [5.41, 5.74) is 1.85. The van der Waals surface area contributed by atoms with Crippen molar-refractivity contribution in [1.29, 1.82) is 0 Å². The van der Waals surface area contributed by atoms with Gasteiger partial charge in [-0.05, 0) is 6.07 Å². The smallest absolute Gasteiger partial charge is 0.159 e. The lowest BCUT2D eigenvalue weighted by Gasteiger charge is -1.88. The van der Waals surface area contributed by atoms with Crippen LogP contribution in [0.1, 0.15) is 0 Å². The zero-order valence-corrected chi connectivity index (χ0v) is 6.24. The van der Waals surface area contributed by atoms with Gasteiger partial charge in [-0.2, -0.15) is 5.10 Å². The van der Waals surface area contributed by atoms with Gasteiger partial charge in [0.15, 0.2) is 5.58 Å². The first kappa shape index (κ1) is 5.83. The van der Waals surface area contributed by atoms with E-state index in [4.69, 9.17) is 4.42 Å². The van der Waals surface area contributed by atoms with E-state index >= 15 is 0 Å². The second-order valence-electron chi connectivity index (χ2n) is 2.74. The average molecular weight is 158 g/mol. The van der Waals surface area contributed by atoms with Crippen LogP contribution >= 0.6 is 0 Å². The van der Waals surface area contributed by atoms with E-state index in [0.717, 1.165) is 21.9 Å². The Labute approximate surface area is 68.0 Å². The number of nitrogens with one attached hydrogen (secondary N) is 1. The van der Waals surface area contributed by atoms with Crippen LogP contribution < -0.4 is 0 Å². The van der Waals surface area contributed by atoms with E-state index in [2.05, 4.69) is 10.2 Å². The molecule has 0 atom stereocenters. The number of furan rings is 1.